The van der Waals surface area contributed by atoms with Crippen LogP contribution in [-0.4, -0.2) is 18.2 Å². The van der Waals surface area contributed by atoms with Gasteiger partial charge in [-0.3, -0.25) is 4.79 Å². The molecule has 3 heteroatoms. The fourth-order valence-electron chi connectivity index (χ4n) is 2.52. The van der Waals surface area contributed by atoms with E-state index in [0.717, 1.165) is 24.7 Å². The van der Waals surface area contributed by atoms with Gasteiger partial charge in [0.15, 0.2) is 0 Å². The Labute approximate surface area is 134 Å². The molecule has 122 valence electrons. The van der Waals surface area contributed by atoms with Crippen LogP contribution in [0.15, 0.2) is 30.3 Å². The molecule has 0 aliphatic carbocycles. The molecule has 1 N–H and O–H groups in total. The van der Waals surface area contributed by atoms with E-state index in [1.165, 1.54) is 32.1 Å². The van der Waals surface area contributed by atoms with Gasteiger partial charge >= 0.3 is 0 Å². The van der Waals surface area contributed by atoms with Crippen LogP contribution in [0.25, 0.3) is 0 Å². The van der Waals surface area contributed by atoms with Crippen LogP contribution in [0.4, 0.5) is 0 Å². The van der Waals surface area contributed by atoms with Crippen LogP contribution >= 0.6 is 0 Å². The van der Waals surface area contributed by atoms with E-state index < -0.39 is 6.04 Å². The first-order valence-electron chi connectivity index (χ1n) is 8.54. The van der Waals surface area contributed by atoms with E-state index in [1.54, 1.807) is 0 Å². The van der Waals surface area contributed by atoms with Crippen molar-refractivity contribution in [1.82, 2.24) is 5.32 Å². The Balaban J connectivity index is 2.15. The normalized spacial score (nSPS) is 11.9. The molecule has 0 spiro atoms. The first-order chi connectivity index (χ1) is 10.8. The second-order valence-electron chi connectivity index (χ2n) is 5.87. The van der Waals surface area contributed by atoms with Crippen molar-refractivity contribution in [3.63, 3.8) is 0 Å². The molecule has 0 aliphatic heterocycles. The first-order valence-corrected chi connectivity index (χ1v) is 8.54. The monoisotopic (exact) mass is 303 g/mol. The summed E-state index contributed by atoms with van der Waals surface area (Å²) < 4.78 is 0. The molecule has 0 bridgehead atoms. The van der Waals surface area contributed by atoms with Crippen LogP contribution < -0.4 is 5.32 Å². The van der Waals surface area contributed by atoms with Crippen molar-refractivity contribution in [2.24, 2.45) is 0 Å². The molecule has 0 heterocycles. The number of hydrogen-bond acceptors (Lipinski definition) is 2. The van der Waals surface area contributed by atoms with Crippen molar-refractivity contribution in [2.45, 2.75) is 70.8 Å². The van der Waals surface area contributed by atoms with E-state index in [9.17, 15) is 9.59 Å². The number of unbranched alkanes of at least 4 members (excludes halogenated alkanes) is 6. The third kappa shape index (κ3) is 8.60. The molecule has 0 radical (unpaired) electrons. The number of carbonyl (C=O) groups is 2. The van der Waals surface area contributed by atoms with Crippen molar-refractivity contribution in [3.8, 4) is 0 Å². The van der Waals surface area contributed by atoms with Gasteiger partial charge in [-0.2, -0.15) is 0 Å². The van der Waals surface area contributed by atoms with Gasteiger partial charge in [-0.25, -0.2) is 0 Å². The van der Waals surface area contributed by atoms with E-state index in [4.69, 9.17) is 0 Å². The molecule has 0 aliphatic rings. The Bertz CT molecular complexity index is 417. The number of benzene rings is 1. The SMILES string of the molecule is CCCCCCCCCC(=O)NC(C=O)Cc1ccccc1. The van der Waals surface area contributed by atoms with Gasteiger partial charge in [-0.15, -0.1) is 0 Å². The van der Waals surface area contributed by atoms with Crippen molar-refractivity contribution in [3.05, 3.63) is 35.9 Å². The van der Waals surface area contributed by atoms with E-state index in [0.29, 0.717) is 12.8 Å². The maximum Gasteiger partial charge on any atom is 0.220 e. The van der Waals surface area contributed by atoms with Crippen LogP contribution in [0.3, 0.4) is 0 Å². The van der Waals surface area contributed by atoms with Gasteiger partial charge in [-0.05, 0) is 18.4 Å². The first kappa shape index (κ1) is 18.4. The van der Waals surface area contributed by atoms with E-state index in [-0.39, 0.29) is 5.91 Å². The maximum atomic E-state index is 11.9. The average molecular weight is 303 g/mol. The second kappa shape index (κ2) is 12.0. The highest BCUT2D eigenvalue weighted by molar-refractivity contribution is 5.79. The average Bonchev–Trinajstić information content (AvgIpc) is 2.54. The molecule has 1 rings (SSSR count). The van der Waals surface area contributed by atoms with Gasteiger partial charge in [0.1, 0.15) is 6.29 Å². The number of rotatable bonds is 12. The number of hydrogen-bond donors (Lipinski definition) is 1. The Morgan fingerprint density at radius 2 is 1.68 bits per heavy atom. The number of nitrogens with one attached hydrogen (secondary N) is 1. The van der Waals surface area contributed by atoms with Gasteiger partial charge < -0.3 is 10.1 Å². The summed E-state index contributed by atoms with van der Waals surface area (Å²) in [4.78, 5) is 23.0. The molecule has 0 aromatic heterocycles. The van der Waals surface area contributed by atoms with Gasteiger partial charge in [0.2, 0.25) is 5.91 Å². The van der Waals surface area contributed by atoms with Crippen LogP contribution in [0.1, 0.15) is 63.9 Å². The number of amides is 1. The molecule has 22 heavy (non-hydrogen) atoms. The molecule has 0 saturated carbocycles. The fourth-order valence-corrected chi connectivity index (χ4v) is 2.52. The molecule has 1 amide bonds. The standard InChI is InChI=1S/C19H29NO2/c1-2-3-4-5-6-7-11-14-19(22)20-18(16-21)15-17-12-9-8-10-13-17/h8-10,12-13,16,18H,2-7,11,14-15H2,1H3,(H,20,22). The van der Waals surface area contributed by atoms with Crippen LogP contribution in [0, 0.1) is 0 Å². The van der Waals surface area contributed by atoms with E-state index in [2.05, 4.69) is 12.2 Å². The highest BCUT2D eigenvalue weighted by atomic mass is 16.2. The fraction of sp³-hybridized carbons (Fsp3) is 0.579. The Morgan fingerprint density at radius 3 is 2.32 bits per heavy atom. The lowest BCUT2D eigenvalue weighted by Crippen LogP contribution is -2.37. The number of aldehydes is 1. The summed E-state index contributed by atoms with van der Waals surface area (Å²) in [6.07, 6.45) is 10.3. The van der Waals surface area contributed by atoms with Crippen LogP contribution in [0.5, 0.6) is 0 Å². The molecular weight excluding hydrogens is 274 g/mol. The predicted octanol–water partition coefficient (Wildman–Crippen LogP) is 4.05. The molecule has 1 aromatic rings. The summed E-state index contributed by atoms with van der Waals surface area (Å²) in [6.45, 7) is 2.21. The van der Waals surface area contributed by atoms with Gasteiger partial charge in [-0.1, -0.05) is 75.8 Å². The Morgan fingerprint density at radius 1 is 1.05 bits per heavy atom. The minimum atomic E-state index is -0.417. The highest BCUT2D eigenvalue weighted by Crippen LogP contribution is 2.08. The van der Waals surface area contributed by atoms with Crippen molar-refractivity contribution >= 4 is 12.2 Å². The van der Waals surface area contributed by atoms with Crippen LogP contribution in [0.2, 0.25) is 0 Å². The zero-order chi connectivity index (χ0) is 16.0. The summed E-state index contributed by atoms with van der Waals surface area (Å²) in [5, 5.41) is 2.82. The summed E-state index contributed by atoms with van der Waals surface area (Å²) in [7, 11) is 0. The smallest absolute Gasteiger partial charge is 0.220 e. The lowest BCUT2D eigenvalue weighted by atomic mass is 10.1. The zero-order valence-electron chi connectivity index (χ0n) is 13.7. The summed E-state index contributed by atoms with van der Waals surface area (Å²) in [5.74, 6) is -0.0124. The lowest BCUT2D eigenvalue weighted by molar-refractivity contribution is -0.124. The van der Waals surface area contributed by atoms with Gasteiger partial charge in [0.25, 0.3) is 0 Å². The molecule has 3 nitrogen and oxygen atoms in total. The zero-order valence-corrected chi connectivity index (χ0v) is 13.7. The summed E-state index contributed by atoms with van der Waals surface area (Å²) in [6, 6.07) is 9.35. The molecule has 0 fully saturated rings. The quantitative estimate of drug-likeness (QED) is 0.467. The van der Waals surface area contributed by atoms with Gasteiger partial charge in [0, 0.05) is 6.42 Å². The maximum absolute atomic E-state index is 11.9. The van der Waals surface area contributed by atoms with Crippen molar-refractivity contribution in [2.75, 3.05) is 0 Å². The lowest BCUT2D eigenvalue weighted by Gasteiger charge is -2.12. The Hall–Kier alpha value is -1.64. The Kier molecular flexibility index (Phi) is 10.0. The molecule has 1 unspecified atom stereocenters. The largest absolute Gasteiger partial charge is 0.346 e. The predicted molar refractivity (Wildman–Crippen MR) is 90.8 cm³/mol. The third-order valence-electron chi connectivity index (χ3n) is 3.82. The summed E-state index contributed by atoms with van der Waals surface area (Å²) in [5.41, 5.74) is 1.07. The number of carbonyl (C=O) groups excluding carboxylic acids is 2. The molecule has 1 atom stereocenters. The molecule has 0 saturated heterocycles. The van der Waals surface area contributed by atoms with Gasteiger partial charge in [0.05, 0.1) is 6.04 Å². The summed E-state index contributed by atoms with van der Waals surface area (Å²) >= 11 is 0. The van der Waals surface area contributed by atoms with Crippen molar-refractivity contribution in [1.29, 1.82) is 0 Å². The second-order valence-corrected chi connectivity index (χ2v) is 5.87. The van der Waals surface area contributed by atoms with E-state index >= 15 is 0 Å². The van der Waals surface area contributed by atoms with Crippen molar-refractivity contribution < 1.29 is 9.59 Å². The van der Waals surface area contributed by atoms with E-state index in [1.807, 2.05) is 30.3 Å². The minimum Gasteiger partial charge on any atom is -0.346 e. The highest BCUT2D eigenvalue weighted by Gasteiger charge is 2.11. The minimum absolute atomic E-state index is 0.0124. The molecule has 1 aromatic carbocycles. The topological polar surface area (TPSA) is 46.2 Å². The molecular formula is C19H29NO2. The third-order valence-corrected chi connectivity index (χ3v) is 3.82. The van der Waals surface area contributed by atoms with Crippen LogP contribution in [-0.2, 0) is 16.0 Å².